The second-order valence-corrected chi connectivity index (χ2v) is 7.66. The highest BCUT2D eigenvalue weighted by molar-refractivity contribution is 9.11. The number of thiazole rings is 1. The van der Waals surface area contributed by atoms with Gasteiger partial charge in [-0.25, -0.2) is 4.98 Å². The molecule has 0 bridgehead atoms. The van der Waals surface area contributed by atoms with E-state index in [9.17, 15) is 18.0 Å². The van der Waals surface area contributed by atoms with Crippen molar-refractivity contribution in [2.45, 2.75) is 6.18 Å². The summed E-state index contributed by atoms with van der Waals surface area (Å²) in [5.74, 6) is -0.581. The van der Waals surface area contributed by atoms with E-state index in [1.807, 2.05) is 4.90 Å². The molecule has 0 aliphatic carbocycles. The number of aromatic nitrogens is 1. The molecule has 0 radical (unpaired) electrons. The van der Waals surface area contributed by atoms with Crippen molar-refractivity contribution in [3.63, 3.8) is 0 Å². The lowest BCUT2D eigenvalue weighted by atomic mass is 10.1. The van der Waals surface area contributed by atoms with Gasteiger partial charge in [-0.3, -0.25) is 4.79 Å². The highest BCUT2D eigenvalue weighted by atomic mass is 79.9. The van der Waals surface area contributed by atoms with Crippen molar-refractivity contribution in [2.24, 2.45) is 0 Å². The molecular formula is C15H13BrF3N3OS. The van der Waals surface area contributed by atoms with Crippen molar-refractivity contribution in [1.29, 1.82) is 0 Å². The van der Waals surface area contributed by atoms with Gasteiger partial charge >= 0.3 is 6.18 Å². The molecule has 1 aromatic heterocycles. The fraction of sp³-hybridized carbons (Fsp3) is 0.333. The maximum Gasteiger partial charge on any atom is 0.417 e. The maximum atomic E-state index is 13.1. The molecule has 0 spiro atoms. The number of rotatable bonds is 2. The summed E-state index contributed by atoms with van der Waals surface area (Å²) in [7, 11) is 0. The number of anilines is 1. The molecule has 24 heavy (non-hydrogen) atoms. The lowest BCUT2D eigenvalue weighted by molar-refractivity contribution is -0.138. The summed E-state index contributed by atoms with van der Waals surface area (Å²) in [6, 6.07) is 4.91. The summed E-state index contributed by atoms with van der Waals surface area (Å²) in [5.41, 5.74) is -1.18. The Bertz CT molecular complexity index is 742. The van der Waals surface area contributed by atoms with Crippen LogP contribution in [0.15, 0.2) is 34.2 Å². The SMILES string of the molecule is O=C(c1ccccc1C(F)(F)F)N1CCN(c2ncc(Br)s2)CC1. The largest absolute Gasteiger partial charge is 0.417 e. The number of amides is 1. The van der Waals surface area contributed by atoms with Crippen molar-refractivity contribution in [3.05, 3.63) is 45.4 Å². The van der Waals surface area contributed by atoms with Crippen LogP contribution >= 0.6 is 27.3 Å². The fourth-order valence-corrected chi connectivity index (χ4v) is 3.81. The molecule has 4 nitrogen and oxygen atoms in total. The minimum atomic E-state index is -4.54. The van der Waals surface area contributed by atoms with E-state index in [4.69, 9.17) is 0 Å². The first-order chi connectivity index (χ1) is 11.4. The molecular weight excluding hydrogens is 407 g/mol. The summed E-state index contributed by atoms with van der Waals surface area (Å²) in [6.45, 7) is 1.81. The van der Waals surface area contributed by atoms with Crippen LogP contribution in [0.1, 0.15) is 15.9 Å². The van der Waals surface area contributed by atoms with Gasteiger partial charge in [0.05, 0.1) is 21.1 Å². The molecule has 0 N–H and O–H groups in total. The Morgan fingerprint density at radius 1 is 1.17 bits per heavy atom. The molecule has 2 aromatic rings. The molecule has 1 aromatic carbocycles. The van der Waals surface area contributed by atoms with Crippen LogP contribution in [0.2, 0.25) is 0 Å². The lowest BCUT2D eigenvalue weighted by Crippen LogP contribution is -2.49. The maximum absolute atomic E-state index is 13.1. The lowest BCUT2D eigenvalue weighted by Gasteiger charge is -2.35. The van der Waals surface area contributed by atoms with Crippen molar-refractivity contribution in [3.8, 4) is 0 Å². The molecule has 2 heterocycles. The molecule has 1 fully saturated rings. The summed E-state index contributed by atoms with van der Waals surface area (Å²) in [6.07, 6.45) is -2.83. The third kappa shape index (κ3) is 3.56. The van der Waals surface area contributed by atoms with Gasteiger partial charge in [-0.15, -0.1) is 0 Å². The van der Waals surface area contributed by atoms with Gasteiger partial charge in [-0.1, -0.05) is 23.5 Å². The standard InChI is InChI=1S/C15H13BrF3N3OS/c16-12-9-20-14(24-12)22-7-5-21(6-8-22)13(23)10-3-1-2-4-11(10)15(17,18)19/h1-4,9H,5-8H2. The minimum absolute atomic E-state index is 0.296. The number of piperazine rings is 1. The second-order valence-electron chi connectivity index (χ2n) is 5.27. The third-order valence-corrected chi connectivity index (χ3v) is 5.30. The van der Waals surface area contributed by atoms with Crippen LogP contribution in [0.5, 0.6) is 0 Å². The zero-order valence-corrected chi connectivity index (χ0v) is 14.8. The summed E-state index contributed by atoms with van der Waals surface area (Å²) in [5, 5.41) is 0.838. The number of hydrogen-bond donors (Lipinski definition) is 0. The van der Waals surface area contributed by atoms with E-state index in [-0.39, 0.29) is 5.56 Å². The Hall–Kier alpha value is -1.61. The first-order valence-corrected chi connectivity index (χ1v) is 8.79. The Labute approximate surface area is 149 Å². The van der Waals surface area contributed by atoms with E-state index in [0.29, 0.717) is 26.2 Å². The van der Waals surface area contributed by atoms with E-state index in [0.717, 1.165) is 15.0 Å². The number of halogens is 4. The predicted octanol–water partition coefficient (Wildman–Crippen LogP) is 3.89. The zero-order valence-electron chi connectivity index (χ0n) is 12.4. The van der Waals surface area contributed by atoms with Gasteiger partial charge in [0.1, 0.15) is 0 Å². The van der Waals surface area contributed by atoms with Gasteiger partial charge in [0, 0.05) is 26.2 Å². The minimum Gasteiger partial charge on any atom is -0.345 e. The van der Waals surface area contributed by atoms with Crippen LogP contribution in [0.3, 0.4) is 0 Å². The number of hydrogen-bond acceptors (Lipinski definition) is 4. The Morgan fingerprint density at radius 2 is 1.83 bits per heavy atom. The average molecular weight is 420 g/mol. The molecule has 128 valence electrons. The van der Waals surface area contributed by atoms with Gasteiger partial charge in [-0.05, 0) is 28.1 Å². The van der Waals surface area contributed by atoms with Crippen molar-refractivity contribution < 1.29 is 18.0 Å². The van der Waals surface area contributed by atoms with Crippen LogP contribution in [-0.2, 0) is 6.18 Å². The average Bonchev–Trinajstić information content (AvgIpc) is 3.00. The normalized spacial score (nSPS) is 15.7. The second kappa shape index (κ2) is 6.72. The van der Waals surface area contributed by atoms with Gasteiger partial charge in [0.15, 0.2) is 5.13 Å². The summed E-state index contributed by atoms with van der Waals surface area (Å²) in [4.78, 5) is 20.2. The molecule has 1 aliphatic rings. The van der Waals surface area contributed by atoms with Gasteiger partial charge in [-0.2, -0.15) is 13.2 Å². The van der Waals surface area contributed by atoms with Crippen molar-refractivity contribution >= 4 is 38.3 Å². The smallest absolute Gasteiger partial charge is 0.345 e. The number of carbonyl (C=O) groups excluding carboxylic acids is 1. The Morgan fingerprint density at radius 3 is 2.42 bits per heavy atom. The molecule has 1 amide bonds. The fourth-order valence-electron chi connectivity index (χ4n) is 2.58. The molecule has 1 saturated heterocycles. The van der Waals surface area contributed by atoms with E-state index in [2.05, 4.69) is 20.9 Å². The first-order valence-electron chi connectivity index (χ1n) is 7.18. The monoisotopic (exact) mass is 419 g/mol. The Kier molecular flexibility index (Phi) is 4.82. The molecule has 9 heteroatoms. The third-order valence-electron chi connectivity index (χ3n) is 3.77. The van der Waals surface area contributed by atoms with Crippen LogP contribution in [0, 0.1) is 0 Å². The topological polar surface area (TPSA) is 36.4 Å². The quantitative estimate of drug-likeness (QED) is 0.740. The molecule has 0 atom stereocenters. The molecule has 3 rings (SSSR count). The van der Waals surface area contributed by atoms with Gasteiger partial charge in [0.2, 0.25) is 0 Å². The van der Waals surface area contributed by atoms with Gasteiger partial charge in [0.25, 0.3) is 5.91 Å². The van der Waals surface area contributed by atoms with E-state index in [1.54, 1.807) is 6.20 Å². The number of benzene rings is 1. The Balaban J connectivity index is 1.72. The highest BCUT2D eigenvalue weighted by Crippen LogP contribution is 2.33. The zero-order chi connectivity index (χ0) is 17.3. The number of nitrogens with zero attached hydrogens (tertiary/aromatic N) is 3. The van der Waals surface area contributed by atoms with E-state index in [1.165, 1.54) is 34.4 Å². The molecule has 0 saturated carbocycles. The van der Waals surface area contributed by atoms with Crippen LogP contribution in [-0.4, -0.2) is 42.0 Å². The predicted molar refractivity (Wildman–Crippen MR) is 89.4 cm³/mol. The number of alkyl halides is 3. The van der Waals surface area contributed by atoms with Crippen LogP contribution in [0.25, 0.3) is 0 Å². The summed E-state index contributed by atoms with van der Waals surface area (Å²) >= 11 is 4.83. The number of carbonyl (C=O) groups is 1. The molecule has 1 aliphatic heterocycles. The summed E-state index contributed by atoms with van der Waals surface area (Å²) < 4.78 is 40.1. The van der Waals surface area contributed by atoms with Crippen LogP contribution in [0.4, 0.5) is 18.3 Å². The highest BCUT2D eigenvalue weighted by Gasteiger charge is 2.36. The molecule has 0 unspecified atom stereocenters. The van der Waals surface area contributed by atoms with E-state index < -0.39 is 17.6 Å². The van der Waals surface area contributed by atoms with Gasteiger partial charge < -0.3 is 9.80 Å². The van der Waals surface area contributed by atoms with Crippen LogP contribution < -0.4 is 4.90 Å². The van der Waals surface area contributed by atoms with Crippen molar-refractivity contribution in [1.82, 2.24) is 9.88 Å². The first kappa shape index (κ1) is 17.2. The van der Waals surface area contributed by atoms with E-state index >= 15 is 0 Å². The van der Waals surface area contributed by atoms with Crippen molar-refractivity contribution in [2.75, 3.05) is 31.1 Å².